The van der Waals surface area contributed by atoms with Gasteiger partial charge in [-0.2, -0.15) is 0 Å². The third-order valence-corrected chi connectivity index (χ3v) is 2.72. The second-order valence-electron chi connectivity index (χ2n) is 2.90. The maximum atomic E-state index is 5.57. The van der Waals surface area contributed by atoms with Gasteiger partial charge < -0.3 is 8.83 Å². The molecule has 80 valence electrons. The molecule has 6 heteroatoms. The molecule has 0 spiro atoms. The van der Waals surface area contributed by atoms with Crippen LogP contribution in [-0.4, -0.2) is 16.1 Å². The number of hydrogen-bond acceptors (Lipinski definition) is 4. The van der Waals surface area contributed by atoms with Crippen LogP contribution in [0.15, 0.2) is 25.8 Å². The smallest absolute Gasteiger partial charge is 0.252 e. The first-order valence-corrected chi connectivity index (χ1v) is 5.75. The molecular formula is C9H8BrClN2O2. The second kappa shape index (κ2) is 4.81. The highest BCUT2D eigenvalue weighted by Crippen LogP contribution is 2.28. The van der Waals surface area contributed by atoms with Gasteiger partial charge in [0.05, 0.1) is 11.8 Å². The van der Waals surface area contributed by atoms with Gasteiger partial charge >= 0.3 is 0 Å². The first kappa shape index (κ1) is 10.7. The highest BCUT2D eigenvalue weighted by Gasteiger charge is 2.13. The zero-order chi connectivity index (χ0) is 10.7. The Kier molecular flexibility index (Phi) is 3.43. The van der Waals surface area contributed by atoms with Gasteiger partial charge in [0, 0.05) is 12.3 Å². The highest BCUT2D eigenvalue weighted by atomic mass is 79.9. The maximum Gasteiger partial charge on any atom is 0.252 e. The van der Waals surface area contributed by atoms with Crippen molar-refractivity contribution in [2.75, 3.05) is 5.88 Å². The monoisotopic (exact) mass is 290 g/mol. The van der Waals surface area contributed by atoms with E-state index in [1.54, 1.807) is 12.3 Å². The predicted molar refractivity (Wildman–Crippen MR) is 58.7 cm³/mol. The minimum absolute atomic E-state index is 0.459. The molecule has 2 aromatic heterocycles. The number of aromatic nitrogens is 2. The van der Waals surface area contributed by atoms with E-state index in [4.69, 9.17) is 20.4 Å². The molecule has 0 aliphatic heterocycles. The normalized spacial score (nSPS) is 10.8. The molecule has 0 radical (unpaired) electrons. The van der Waals surface area contributed by atoms with Gasteiger partial charge in [-0.1, -0.05) is 0 Å². The summed E-state index contributed by atoms with van der Waals surface area (Å²) in [5.41, 5.74) is 0.764. The Morgan fingerprint density at radius 1 is 1.40 bits per heavy atom. The topological polar surface area (TPSA) is 52.1 Å². The quantitative estimate of drug-likeness (QED) is 0.811. The lowest BCUT2D eigenvalue weighted by molar-refractivity contribution is 0.499. The van der Waals surface area contributed by atoms with Crippen LogP contribution in [0.2, 0.25) is 0 Å². The number of nitrogens with zero attached hydrogens (tertiary/aromatic N) is 2. The Bertz CT molecular complexity index is 441. The summed E-state index contributed by atoms with van der Waals surface area (Å²) in [5, 5.41) is 7.84. The van der Waals surface area contributed by atoms with E-state index in [2.05, 4.69) is 26.1 Å². The van der Waals surface area contributed by atoms with Crippen LogP contribution in [0.4, 0.5) is 0 Å². The van der Waals surface area contributed by atoms with Crippen molar-refractivity contribution in [3.05, 3.63) is 22.9 Å². The van der Waals surface area contributed by atoms with Crippen LogP contribution in [0, 0.1) is 0 Å². The van der Waals surface area contributed by atoms with E-state index in [1.165, 1.54) is 0 Å². The fraction of sp³-hybridized carbons (Fsp3) is 0.333. The van der Waals surface area contributed by atoms with E-state index < -0.39 is 0 Å². The van der Waals surface area contributed by atoms with Crippen LogP contribution in [0.5, 0.6) is 0 Å². The zero-order valence-electron chi connectivity index (χ0n) is 7.74. The molecule has 0 atom stereocenters. The Balaban J connectivity index is 2.17. The van der Waals surface area contributed by atoms with E-state index in [0.717, 1.165) is 12.0 Å². The summed E-state index contributed by atoms with van der Waals surface area (Å²) in [6, 6.07) is 1.77. The summed E-state index contributed by atoms with van der Waals surface area (Å²) in [7, 11) is 0. The van der Waals surface area contributed by atoms with Crippen molar-refractivity contribution < 1.29 is 8.83 Å². The number of furan rings is 1. The number of alkyl halides is 1. The van der Waals surface area contributed by atoms with Crippen molar-refractivity contribution in [1.82, 2.24) is 10.2 Å². The van der Waals surface area contributed by atoms with E-state index in [-0.39, 0.29) is 0 Å². The minimum Gasteiger partial charge on any atom is -0.457 e. The van der Waals surface area contributed by atoms with Crippen molar-refractivity contribution in [1.29, 1.82) is 0 Å². The van der Waals surface area contributed by atoms with Crippen LogP contribution >= 0.6 is 27.5 Å². The predicted octanol–water partition coefficient (Wildman–Crippen LogP) is 3.26. The molecule has 0 aliphatic carbocycles. The highest BCUT2D eigenvalue weighted by molar-refractivity contribution is 9.10. The van der Waals surface area contributed by atoms with Crippen LogP contribution in [0.25, 0.3) is 11.5 Å². The average molecular weight is 292 g/mol. The van der Waals surface area contributed by atoms with Gasteiger partial charge in [-0.15, -0.1) is 21.8 Å². The third-order valence-electron chi connectivity index (χ3n) is 1.84. The van der Waals surface area contributed by atoms with Crippen molar-refractivity contribution in [2.24, 2.45) is 0 Å². The molecule has 0 unspecified atom stereocenters. The van der Waals surface area contributed by atoms with E-state index >= 15 is 0 Å². The average Bonchev–Trinajstić information content (AvgIpc) is 2.83. The molecule has 0 saturated carbocycles. The largest absolute Gasteiger partial charge is 0.457 e. The van der Waals surface area contributed by atoms with Crippen molar-refractivity contribution in [2.45, 2.75) is 12.8 Å². The van der Waals surface area contributed by atoms with Crippen LogP contribution in [-0.2, 0) is 6.42 Å². The molecule has 15 heavy (non-hydrogen) atoms. The first-order chi connectivity index (χ1) is 7.31. The molecule has 0 bridgehead atoms. The second-order valence-corrected chi connectivity index (χ2v) is 4.00. The molecule has 2 rings (SSSR count). The van der Waals surface area contributed by atoms with Gasteiger partial charge in [0.25, 0.3) is 5.89 Å². The summed E-state index contributed by atoms with van der Waals surface area (Å²) < 4.78 is 11.1. The molecule has 0 amide bonds. The van der Waals surface area contributed by atoms with E-state index in [1.807, 2.05) is 0 Å². The molecular weight excluding hydrogens is 283 g/mol. The fourth-order valence-electron chi connectivity index (χ4n) is 1.13. The standard InChI is InChI=1S/C9H8BrClN2O2/c10-8-6(3-5-14-8)9-13-12-7(15-9)2-1-4-11/h3,5H,1-2,4H2. The SMILES string of the molecule is ClCCCc1nnc(-c2ccoc2Br)o1. The van der Waals surface area contributed by atoms with Gasteiger partial charge in [-0.3, -0.25) is 0 Å². The maximum absolute atomic E-state index is 5.57. The first-order valence-electron chi connectivity index (χ1n) is 4.43. The number of rotatable bonds is 4. The summed E-state index contributed by atoms with van der Waals surface area (Å²) in [6.07, 6.45) is 3.09. The lowest BCUT2D eigenvalue weighted by Gasteiger charge is -1.90. The number of aryl methyl sites for hydroxylation is 1. The fourth-order valence-corrected chi connectivity index (χ4v) is 1.67. The minimum atomic E-state index is 0.459. The molecule has 0 N–H and O–H groups in total. The van der Waals surface area contributed by atoms with Gasteiger partial charge in [0.1, 0.15) is 0 Å². The molecule has 2 heterocycles. The molecule has 0 aliphatic rings. The summed E-state index contributed by atoms with van der Waals surface area (Å²) in [4.78, 5) is 0. The Hall–Kier alpha value is -0.810. The summed E-state index contributed by atoms with van der Waals surface area (Å²) in [5.74, 6) is 1.64. The van der Waals surface area contributed by atoms with Crippen molar-refractivity contribution in [3.63, 3.8) is 0 Å². The molecule has 2 aromatic rings. The van der Waals surface area contributed by atoms with Crippen molar-refractivity contribution >= 4 is 27.5 Å². The van der Waals surface area contributed by atoms with E-state index in [9.17, 15) is 0 Å². The Labute approximate surface area is 99.8 Å². The van der Waals surface area contributed by atoms with E-state index in [0.29, 0.717) is 28.8 Å². The molecule has 0 aromatic carbocycles. The Morgan fingerprint density at radius 2 is 2.27 bits per heavy atom. The third kappa shape index (κ3) is 2.41. The lowest BCUT2D eigenvalue weighted by atomic mass is 10.3. The van der Waals surface area contributed by atoms with Gasteiger partial charge in [0.15, 0.2) is 4.67 Å². The molecule has 0 fully saturated rings. The summed E-state index contributed by atoms with van der Waals surface area (Å²) in [6.45, 7) is 0. The van der Waals surface area contributed by atoms with Gasteiger partial charge in [-0.05, 0) is 28.4 Å². The summed E-state index contributed by atoms with van der Waals surface area (Å²) >= 11 is 8.82. The van der Waals surface area contributed by atoms with Crippen molar-refractivity contribution in [3.8, 4) is 11.5 Å². The van der Waals surface area contributed by atoms with Crippen LogP contribution < -0.4 is 0 Å². The van der Waals surface area contributed by atoms with Crippen LogP contribution in [0.3, 0.4) is 0 Å². The van der Waals surface area contributed by atoms with Gasteiger partial charge in [0.2, 0.25) is 5.89 Å². The lowest BCUT2D eigenvalue weighted by Crippen LogP contribution is -1.85. The van der Waals surface area contributed by atoms with Crippen LogP contribution in [0.1, 0.15) is 12.3 Å². The zero-order valence-corrected chi connectivity index (χ0v) is 10.1. The number of halogens is 2. The van der Waals surface area contributed by atoms with Gasteiger partial charge in [-0.25, -0.2) is 0 Å². The molecule has 4 nitrogen and oxygen atoms in total. The number of hydrogen-bond donors (Lipinski definition) is 0. The molecule has 0 saturated heterocycles. The Morgan fingerprint density at radius 3 is 2.93 bits per heavy atom.